The number of nitrogens with zero attached hydrogens (tertiary/aromatic N) is 2. The van der Waals surface area contributed by atoms with Crippen LogP contribution in [0.2, 0.25) is 0 Å². The first-order chi connectivity index (χ1) is 14.7. The Balaban J connectivity index is 1.56. The van der Waals surface area contributed by atoms with Crippen molar-refractivity contribution in [2.45, 2.75) is 77.4 Å². The highest BCUT2D eigenvalue weighted by atomic mass is 16.6. The monoisotopic (exact) mass is 437 g/mol. The Hall–Kier alpha value is -1.34. The van der Waals surface area contributed by atoms with Crippen LogP contribution in [0, 0.1) is 17.8 Å². The van der Waals surface area contributed by atoms with Crippen LogP contribution in [0.15, 0.2) is 0 Å². The number of rotatable bonds is 5. The van der Waals surface area contributed by atoms with Crippen LogP contribution in [0.3, 0.4) is 0 Å². The number of likely N-dealkylation sites (tertiary alicyclic amines) is 2. The molecule has 0 radical (unpaired) electrons. The van der Waals surface area contributed by atoms with Crippen LogP contribution >= 0.6 is 0 Å². The number of alkyl carbamates (subject to hydrolysis) is 1. The van der Waals surface area contributed by atoms with Crippen LogP contribution in [0.5, 0.6) is 0 Å². The fourth-order valence-electron chi connectivity index (χ4n) is 5.30. The Morgan fingerprint density at radius 3 is 2.06 bits per heavy atom. The van der Waals surface area contributed by atoms with Gasteiger partial charge in [-0.15, -0.1) is 0 Å². The van der Waals surface area contributed by atoms with Crippen molar-refractivity contribution >= 4 is 12.0 Å². The molecule has 178 valence electrons. The fourth-order valence-corrected chi connectivity index (χ4v) is 5.30. The molecule has 0 bridgehead atoms. The zero-order valence-electron chi connectivity index (χ0n) is 20.0. The molecule has 3 heterocycles. The van der Waals surface area contributed by atoms with Gasteiger partial charge in [0, 0.05) is 26.3 Å². The summed E-state index contributed by atoms with van der Waals surface area (Å²) in [5, 5.41) is 2.90. The van der Waals surface area contributed by atoms with Gasteiger partial charge in [0.2, 0.25) is 5.91 Å². The molecule has 3 fully saturated rings. The summed E-state index contributed by atoms with van der Waals surface area (Å²) >= 11 is 0. The van der Waals surface area contributed by atoms with Gasteiger partial charge in [-0.05, 0) is 104 Å². The summed E-state index contributed by atoms with van der Waals surface area (Å²) in [6.45, 7) is 11.0. The first-order valence-electron chi connectivity index (χ1n) is 12.3. The van der Waals surface area contributed by atoms with E-state index in [-0.39, 0.29) is 5.91 Å². The van der Waals surface area contributed by atoms with Gasteiger partial charge >= 0.3 is 6.09 Å². The van der Waals surface area contributed by atoms with Crippen LogP contribution in [0.4, 0.5) is 4.79 Å². The molecular formula is C24H43N3O4. The van der Waals surface area contributed by atoms with Gasteiger partial charge in [-0.2, -0.15) is 0 Å². The number of hydrogen-bond acceptors (Lipinski definition) is 5. The summed E-state index contributed by atoms with van der Waals surface area (Å²) in [5.41, 5.74) is -0.581. The van der Waals surface area contributed by atoms with E-state index in [1.807, 2.05) is 25.7 Å². The molecule has 0 saturated carbocycles. The molecule has 3 aliphatic heterocycles. The molecule has 1 N–H and O–H groups in total. The predicted molar refractivity (Wildman–Crippen MR) is 121 cm³/mol. The molecule has 31 heavy (non-hydrogen) atoms. The van der Waals surface area contributed by atoms with Gasteiger partial charge in [0.1, 0.15) is 11.6 Å². The van der Waals surface area contributed by atoms with E-state index >= 15 is 0 Å². The molecule has 0 aromatic heterocycles. The van der Waals surface area contributed by atoms with Crippen molar-refractivity contribution in [2.75, 3.05) is 46.4 Å². The standard InChI is InChI=1S/C24H43N3O4/c1-24(2,3)31-23(29)25-21(17-18-9-15-30-16-10-18)22(28)27-13-7-20(8-14-27)19-5-11-26(4)12-6-19/h18-21H,5-17H2,1-4H3,(H,25,29)/t21-/m0/s1. The number of carbonyl (C=O) groups excluding carboxylic acids is 2. The third-order valence-electron chi connectivity index (χ3n) is 7.18. The van der Waals surface area contributed by atoms with E-state index in [0.717, 1.165) is 63.8 Å². The van der Waals surface area contributed by atoms with Gasteiger partial charge in [-0.1, -0.05) is 0 Å². The Morgan fingerprint density at radius 2 is 1.52 bits per heavy atom. The molecule has 0 aliphatic carbocycles. The SMILES string of the molecule is CN1CCC(C2CCN(C(=O)[C@H](CC3CCOCC3)NC(=O)OC(C)(C)C)CC2)CC1. The Morgan fingerprint density at radius 1 is 0.968 bits per heavy atom. The van der Waals surface area contributed by atoms with Gasteiger partial charge in [-0.25, -0.2) is 4.79 Å². The van der Waals surface area contributed by atoms with Gasteiger partial charge < -0.3 is 24.6 Å². The van der Waals surface area contributed by atoms with Crippen molar-refractivity contribution in [1.82, 2.24) is 15.1 Å². The molecule has 0 aromatic rings. The average Bonchev–Trinajstić information content (AvgIpc) is 2.73. The molecule has 3 rings (SSSR count). The minimum atomic E-state index is -0.581. The lowest BCUT2D eigenvalue weighted by Crippen LogP contribution is -2.52. The molecule has 2 amide bonds. The maximum Gasteiger partial charge on any atom is 0.408 e. The van der Waals surface area contributed by atoms with Crippen molar-refractivity contribution in [1.29, 1.82) is 0 Å². The summed E-state index contributed by atoms with van der Waals surface area (Å²) in [6.07, 6.45) is 6.77. The topological polar surface area (TPSA) is 71.1 Å². The minimum absolute atomic E-state index is 0.0548. The van der Waals surface area contributed by atoms with Crippen molar-refractivity contribution in [2.24, 2.45) is 17.8 Å². The maximum absolute atomic E-state index is 13.4. The largest absolute Gasteiger partial charge is 0.444 e. The van der Waals surface area contributed by atoms with Gasteiger partial charge in [0.25, 0.3) is 0 Å². The second-order valence-corrected chi connectivity index (χ2v) is 10.8. The minimum Gasteiger partial charge on any atom is -0.444 e. The predicted octanol–water partition coefficient (Wildman–Crippen LogP) is 3.28. The highest BCUT2D eigenvalue weighted by molar-refractivity contribution is 5.85. The number of hydrogen-bond donors (Lipinski definition) is 1. The van der Waals surface area contributed by atoms with E-state index in [1.54, 1.807) is 0 Å². The molecule has 7 heteroatoms. The summed E-state index contributed by atoms with van der Waals surface area (Å²) in [4.78, 5) is 30.3. The summed E-state index contributed by atoms with van der Waals surface area (Å²) < 4.78 is 10.9. The van der Waals surface area contributed by atoms with E-state index in [9.17, 15) is 9.59 Å². The zero-order chi connectivity index (χ0) is 22.4. The molecule has 7 nitrogen and oxygen atoms in total. The van der Waals surface area contributed by atoms with E-state index in [0.29, 0.717) is 12.3 Å². The average molecular weight is 438 g/mol. The first kappa shape index (κ1) is 24.3. The lowest BCUT2D eigenvalue weighted by Gasteiger charge is -2.40. The Labute approximate surface area is 188 Å². The van der Waals surface area contributed by atoms with Crippen molar-refractivity contribution in [3.63, 3.8) is 0 Å². The van der Waals surface area contributed by atoms with Crippen molar-refractivity contribution in [3.8, 4) is 0 Å². The Bertz CT molecular complexity index is 584. The van der Waals surface area contributed by atoms with E-state index in [4.69, 9.17) is 9.47 Å². The summed E-state index contributed by atoms with van der Waals surface area (Å²) in [5.74, 6) is 1.98. The lowest BCUT2D eigenvalue weighted by molar-refractivity contribution is -0.136. The zero-order valence-corrected chi connectivity index (χ0v) is 20.0. The lowest BCUT2D eigenvalue weighted by atomic mass is 9.78. The second-order valence-electron chi connectivity index (χ2n) is 10.8. The van der Waals surface area contributed by atoms with Gasteiger partial charge in [0.05, 0.1) is 0 Å². The molecule has 3 saturated heterocycles. The highest BCUT2D eigenvalue weighted by Gasteiger charge is 2.35. The molecule has 3 aliphatic rings. The van der Waals surface area contributed by atoms with E-state index in [2.05, 4.69) is 17.3 Å². The van der Waals surface area contributed by atoms with Gasteiger partial charge in [0.15, 0.2) is 0 Å². The smallest absolute Gasteiger partial charge is 0.408 e. The quantitative estimate of drug-likeness (QED) is 0.715. The highest BCUT2D eigenvalue weighted by Crippen LogP contribution is 2.32. The molecular weight excluding hydrogens is 394 g/mol. The Kier molecular flexibility index (Phi) is 8.62. The van der Waals surface area contributed by atoms with E-state index in [1.165, 1.54) is 25.9 Å². The number of ether oxygens (including phenoxy) is 2. The fraction of sp³-hybridized carbons (Fsp3) is 0.917. The van der Waals surface area contributed by atoms with Crippen LogP contribution in [0.25, 0.3) is 0 Å². The van der Waals surface area contributed by atoms with E-state index < -0.39 is 17.7 Å². The molecule has 0 spiro atoms. The third-order valence-corrected chi connectivity index (χ3v) is 7.18. The van der Waals surface area contributed by atoms with Crippen molar-refractivity contribution < 1.29 is 19.1 Å². The second kappa shape index (κ2) is 11.0. The van der Waals surface area contributed by atoms with Crippen molar-refractivity contribution in [3.05, 3.63) is 0 Å². The number of carbonyl (C=O) groups is 2. The normalized spacial score (nSPS) is 24.1. The third kappa shape index (κ3) is 7.63. The van der Waals surface area contributed by atoms with Crippen LogP contribution in [-0.2, 0) is 14.3 Å². The van der Waals surface area contributed by atoms with Crippen LogP contribution < -0.4 is 5.32 Å². The summed E-state index contributed by atoms with van der Waals surface area (Å²) in [7, 11) is 2.20. The number of amides is 2. The maximum atomic E-state index is 13.4. The molecule has 0 unspecified atom stereocenters. The first-order valence-corrected chi connectivity index (χ1v) is 12.3. The number of piperidine rings is 2. The number of nitrogens with one attached hydrogen (secondary N) is 1. The van der Waals surface area contributed by atoms with Crippen LogP contribution in [-0.4, -0.2) is 79.9 Å². The van der Waals surface area contributed by atoms with Crippen LogP contribution in [0.1, 0.15) is 65.7 Å². The molecule has 1 atom stereocenters. The summed E-state index contributed by atoms with van der Waals surface area (Å²) in [6, 6.07) is -0.516. The van der Waals surface area contributed by atoms with Gasteiger partial charge in [-0.3, -0.25) is 4.79 Å². The molecule has 0 aromatic carbocycles.